The molecule has 1 aromatic rings. The molecule has 1 amide bonds. The third-order valence-electron chi connectivity index (χ3n) is 3.86. The van der Waals surface area contributed by atoms with E-state index in [1.807, 2.05) is 6.07 Å². The highest BCUT2D eigenvalue weighted by Crippen LogP contribution is 2.34. The summed E-state index contributed by atoms with van der Waals surface area (Å²) in [7, 11) is 0. The summed E-state index contributed by atoms with van der Waals surface area (Å²) >= 11 is 0. The Hall–Kier alpha value is -2.11. The molecule has 2 rings (SSSR count). The quantitative estimate of drug-likeness (QED) is 0.852. The van der Waals surface area contributed by atoms with Crippen LogP contribution in [0.25, 0.3) is 0 Å². The highest BCUT2D eigenvalue weighted by atomic mass is 19.4. The Balaban J connectivity index is 2.41. The van der Waals surface area contributed by atoms with Crippen LogP contribution in [0.2, 0.25) is 0 Å². The number of carbonyl (C=O) groups excluding carboxylic acids is 2. The van der Waals surface area contributed by atoms with Gasteiger partial charge in [-0.05, 0) is 25.8 Å². The molecule has 0 aliphatic carbocycles. The molecule has 0 spiro atoms. The van der Waals surface area contributed by atoms with E-state index in [0.717, 1.165) is 5.56 Å². The van der Waals surface area contributed by atoms with Crippen LogP contribution in [0.15, 0.2) is 41.6 Å². The number of rotatable bonds is 3. The molecule has 0 N–H and O–H groups in total. The topological polar surface area (TPSA) is 37.4 Å². The predicted molar refractivity (Wildman–Crippen MR) is 74.7 cm³/mol. The van der Waals surface area contributed by atoms with E-state index >= 15 is 0 Å². The van der Waals surface area contributed by atoms with Gasteiger partial charge in [-0.15, -0.1) is 0 Å². The molecular formula is C16H16F3NO2. The van der Waals surface area contributed by atoms with Crippen molar-refractivity contribution in [3.05, 3.63) is 47.2 Å². The molecule has 0 radical (unpaired) electrons. The summed E-state index contributed by atoms with van der Waals surface area (Å²) in [6, 6.07) is 8.57. The highest BCUT2D eigenvalue weighted by molar-refractivity contribution is 6.02. The third-order valence-corrected chi connectivity index (χ3v) is 3.86. The van der Waals surface area contributed by atoms with E-state index < -0.39 is 18.0 Å². The van der Waals surface area contributed by atoms with Crippen molar-refractivity contribution in [2.45, 2.75) is 38.9 Å². The second-order valence-corrected chi connectivity index (χ2v) is 5.24. The fourth-order valence-electron chi connectivity index (χ4n) is 2.70. The van der Waals surface area contributed by atoms with Gasteiger partial charge in [0.05, 0.1) is 6.04 Å². The first-order valence-electron chi connectivity index (χ1n) is 6.91. The van der Waals surface area contributed by atoms with Gasteiger partial charge in [0.2, 0.25) is 5.91 Å². The number of hydrogen-bond donors (Lipinski definition) is 0. The van der Waals surface area contributed by atoms with Crippen LogP contribution in [0, 0.1) is 0 Å². The normalized spacial score (nSPS) is 17.7. The van der Waals surface area contributed by atoms with Crippen LogP contribution < -0.4 is 0 Å². The van der Waals surface area contributed by atoms with Gasteiger partial charge in [-0.25, -0.2) is 0 Å². The van der Waals surface area contributed by atoms with E-state index in [9.17, 15) is 22.8 Å². The average molecular weight is 311 g/mol. The van der Waals surface area contributed by atoms with Crippen LogP contribution in [0.3, 0.4) is 0 Å². The maximum atomic E-state index is 12.7. The molecule has 0 fully saturated rings. The number of Topliss-reactive ketones (excluding diaryl/α,β-unsaturated/α-hetero) is 1. The van der Waals surface area contributed by atoms with Crippen LogP contribution in [-0.2, 0) is 9.59 Å². The Labute approximate surface area is 126 Å². The Kier molecular flexibility index (Phi) is 4.39. The number of carbonyl (C=O) groups is 2. The minimum Gasteiger partial charge on any atom is -0.309 e. The Morgan fingerprint density at radius 3 is 2.32 bits per heavy atom. The Morgan fingerprint density at radius 1 is 1.18 bits per heavy atom. The van der Waals surface area contributed by atoms with E-state index in [2.05, 4.69) is 0 Å². The van der Waals surface area contributed by atoms with Gasteiger partial charge in [0.25, 0.3) is 5.78 Å². The molecule has 0 bridgehead atoms. The molecule has 1 heterocycles. The SMILES string of the molecule is CC1=C(C(=O)C(F)(F)F)CCC(=O)N1[C@@H](C)c1ccccc1. The number of ketones is 1. The summed E-state index contributed by atoms with van der Waals surface area (Å²) in [4.78, 5) is 24.9. The molecule has 0 unspecified atom stereocenters. The molecule has 0 saturated carbocycles. The number of halogens is 3. The molecule has 0 saturated heterocycles. The number of amides is 1. The van der Waals surface area contributed by atoms with E-state index in [1.54, 1.807) is 31.2 Å². The van der Waals surface area contributed by atoms with Gasteiger partial charge < -0.3 is 4.90 Å². The predicted octanol–water partition coefficient (Wildman–Crippen LogP) is 3.78. The molecule has 0 aromatic heterocycles. The van der Waals surface area contributed by atoms with Crippen LogP contribution in [0.1, 0.15) is 38.3 Å². The van der Waals surface area contributed by atoms with E-state index in [1.165, 1.54) is 11.8 Å². The fourth-order valence-corrected chi connectivity index (χ4v) is 2.70. The average Bonchev–Trinajstić information content (AvgIpc) is 2.46. The van der Waals surface area contributed by atoms with Crippen molar-refractivity contribution < 1.29 is 22.8 Å². The maximum Gasteiger partial charge on any atom is 0.454 e. The lowest BCUT2D eigenvalue weighted by Gasteiger charge is -2.35. The number of alkyl halides is 3. The van der Waals surface area contributed by atoms with Gasteiger partial charge in [-0.3, -0.25) is 9.59 Å². The van der Waals surface area contributed by atoms with Crippen LogP contribution in [0.5, 0.6) is 0 Å². The van der Waals surface area contributed by atoms with Gasteiger partial charge >= 0.3 is 6.18 Å². The Bertz CT molecular complexity index is 620. The second kappa shape index (κ2) is 5.94. The Morgan fingerprint density at radius 2 is 1.77 bits per heavy atom. The molecular weight excluding hydrogens is 295 g/mol. The number of allylic oxidation sites excluding steroid dienone is 2. The summed E-state index contributed by atoms with van der Waals surface area (Å²) in [5.74, 6) is -2.13. The summed E-state index contributed by atoms with van der Waals surface area (Å²) in [6.45, 7) is 3.13. The first kappa shape index (κ1) is 16.3. The van der Waals surface area contributed by atoms with Crippen molar-refractivity contribution >= 4 is 11.7 Å². The molecule has 1 atom stereocenters. The minimum absolute atomic E-state index is 0.0916. The monoisotopic (exact) mass is 311 g/mol. The van der Waals surface area contributed by atoms with Gasteiger partial charge in [0.15, 0.2) is 0 Å². The number of benzene rings is 1. The number of hydrogen-bond acceptors (Lipinski definition) is 2. The van der Waals surface area contributed by atoms with Crippen molar-refractivity contribution in [2.24, 2.45) is 0 Å². The minimum atomic E-state index is -4.92. The van der Waals surface area contributed by atoms with E-state index in [0.29, 0.717) is 0 Å². The van der Waals surface area contributed by atoms with E-state index in [4.69, 9.17) is 0 Å². The highest BCUT2D eigenvalue weighted by Gasteiger charge is 2.43. The second-order valence-electron chi connectivity index (χ2n) is 5.24. The lowest BCUT2D eigenvalue weighted by atomic mass is 9.95. The summed E-state index contributed by atoms with van der Waals surface area (Å²) < 4.78 is 38.0. The van der Waals surface area contributed by atoms with E-state index in [-0.39, 0.29) is 30.0 Å². The number of nitrogens with zero attached hydrogens (tertiary/aromatic N) is 1. The zero-order valence-corrected chi connectivity index (χ0v) is 12.3. The summed E-state index contributed by atoms with van der Waals surface area (Å²) in [5.41, 5.74) is 0.570. The van der Waals surface area contributed by atoms with Crippen molar-refractivity contribution in [3.8, 4) is 0 Å². The lowest BCUT2D eigenvalue weighted by Crippen LogP contribution is -2.38. The van der Waals surface area contributed by atoms with Gasteiger partial charge in [0, 0.05) is 17.7 Å². The molecule has 1 aliphatic heterocycles. The first-order valence-corrected chi connectivity index (χ1v) is 6.91. The standard InChI is InChI=1S/C16H16F3NO2/c1-10(12-6-4-3-5-7-12)20-11(2)13(8-9-14(20)21)15(22)16(17,18)19/h3-7,10H,8-9H2,1-2H3/t10-/m0/s1. The summed E-state index contributed by atoms with van der Waals surface area (Å²) in [6.07, 6.45) is -5.18. The lowest BCUT2D eigenvalue weighted by molar-refractivity contribution is -0.167. The van der Waals surface area contributed by atoms with Crippen LogP contribution in [-0.4, -0.2) is 22.8 Å². The van der Waals surface area contributed by atoms with Crippen molar-refractivity contribution in [3.63, 3.8) is 0 Å². The van der Waals surface area contributed by atoms with Crippen LogP contribution in [0.4, 0.5) is 13.2 Å². The van der Waals surface area contributed by atoms with Crippen molar-refractivity contribution in [2.75, 3.05) is 0 Å². The molecule has 1 aromatic carbocycles. The smallest absolute Gasteiger partial charge is 0.309 e. The van der Waals surface area contributed by atoms with Crippen molar-refractivity contribution in [1.29, 1.82) is 0 Å². The van der Waals surface area contributed by atoms with Gasteiger partial charge in [-0.1, -0.05) is 30.3 Å². The zero-order valence-electron chi connectivity index (χ0n) is 12.3. The molecule has 3 nitrogen and oxygen atoms in total. The van der Waals surface area contributed by atoms with Crippen molar-refractivity contribution in [1.82, 2.24) is 4.90 Å². The largest absolute Gasteiger partial charge is 0.454 e. The maximum absolute atomic E-state index is 12.7. The molecule has 1 aliphatic rings. The van der Waals surface area contributed by atoms with Gasteiger partial charge in [-0.2, -0.15) is 13.2 Å². The van der Waals surface area contributed by atoms with Crippen LogP contribution >= 0.6 is 0 Å². The third kappa shape index (κ3) is 3.05. The molecule has 22 heavy (non-hydrogen) atoms. The zero-order chi connectivity index (χ0) is 16.5. The first-order chi connectivity index (χ1) is 10.2. The summed E-state index contributed by atoms with van der Waals surface area (Å²) in [5, 5.41) is 0. The van der Waals surface area contributed by atoms with Gasteiger partial charge in [0.1, 0.15) is 0 Å². The fraction of sp³-hybridized carbons (Fsp3) is 0.375. The molecule has 118 valence electrons. The molecule has 6 heteroatoms.